The molecule has 2 rings (SSSR count). The van der Waals surface area contributed by atoms with Gasteiger partial charge in [0.25, 0.3) is 0 Å². The smallest absolute Gasteiger partial charge is 0.131 e. The summed E-state index contributed by atoms with van der Waals surface area (Å²) in [6.07, 6.45) is 3.34. The van der Waals surface area contributed by atoms with Crippen molar-refractivity contribution in [2.24, 2.45) is 0 Å². The maximum Gasteiger partial charge on any atom is 0.131 e. The van der Waals surface area contributed by atoms with E-state index < -0.39 is 0 Å². The van der Waals surface area contributed by atoms with Crippen LogP contribution in [0.3, 0.4) is 0 Å². The largest absolute Gasteiger partial charge is 0.496 e. The zero-order valence-electron chi connectivity index (χ0n) is 12.1. The van der Waals surface area contributed by atoms with Gasteiger partial charge >= 0.3 is 0 Å². The lowest BCUT2D eigenvalue weighted by molar-refractivity contribution is 0.363. The van der Waals surface area contributed by atoms with Crippen molar-refractivity contribution in [3.63, 3.8) is 0 Å². The molecule has 0 spiro atoms. The van der Waals surface area contributed by atoms with E-state index >= 15 is 0 Å². The van der Waals surface area contributed by atoms with Crippen molar-refractivity contribution >= 4 is 0 Å². The van der Waals surface area contributed by atoms with Crippen molar-refractivity contribution in [2.45, 2.75) is 6.04 Å². The molecule has 0 bridgehead atoms. The molecule has 1 aromatic carbocycles. The lowest BCUT2D eigenvalue weighted by Crippen LogP contribution is -2.19. The molecular formula is C15H19NO4. The van der Waals surface area contributed by atoms with Crippen LogP contribution in [0.1, 0.15) is 17.2 Å². The molecule has 0 saturated heterocycles. The van der Waals surface area contributed by atoms with E-state index in [0.717, 1.165) is 11.1 Å². The summed E-state index contributed by atoms with van der Waals surface area (Å²) in [5.74, 6) is 2.08. The third-order valence-corrected chi connectivity index (χ3v) is 3.21. The molecule has 1 unspecified atom stereocenters. The predicted octanol–water partition coefficient (Wildman–Crippen LogP) is 2.61. The summed E-state index contributed by atoms with van der Waals surface area (Å²) in [6.45, 7) is 0. The Balaban J connectivity index is 2.58. The Bertz CT molecular complexity index is 526. The van der Waals surface area contributed by atoms with Crippen molar-refractivity contribution in [1.82, 2.24) is 5.32 Å². The summed E-state index contributed by atoms with van der Waals surface area (Å²) in [5.41, 5.74) is 1.90. The van der Waals surface area contributed by atoms with Gasteiger partial charge in [-0.2, -0.15) is 0 Å². The minimum Gasteiger partial charge on any atom is -0.496 e. The molecule has 0 radical (unpaired) electrons. The molecule has 1 heterocycles. The molecule has 2 aromatic rings. The van der Waals surface area contributed by atoms with Crippen molar-refractivity contribution in [3.05, 3.63) is 41.9 Å². The van der Waals surface area contributed by atoms with Gasteiger partial charge in [-0.05, 0) is 13.1 Å². The van der Waals surface area contributed by atoms with Crippen LogP contribution in [0, 0.1) is 0 Å². The molecule has 1 atom stereocenters. The topological polar surface area (TPSA) is 52.9 Å². The van der Waals surface area contributed by atoms with Gasteiger partial charge in [0.05, 0.1) is 45.5 Å². The van der Waals surface area contributed by atoms with E-state index in [9.17, 15) is 0 Å². The number of hydrogen-bond acceptors (Lipinski definition) is 5. The summed E-state index contributed by atoms with van der Waals surface area (Å²) in [6, 6.07) is 5.49. The minimum atomic E-state index is -0.0930. The summed E-state index contributed by atoms with van der Waals surface area (Å²) in [5, 5.41) is 3.25. The first kappa shape index (κ1) is 14.3. The first-order chi connectivity index (χ1) is 9.74. The number of furan rings is 1. The molecule has 0 amide bonds. The summed E-state index contributed by atoms with van der Waals surface area (Å²) in [4.78, 5) is 0. The molecular weight excluding hydrogens is 258 g/mol. The molecule has 5 nitrogen and oxygen atoms in total. The molecule has 0 aliphatic rings. The second-order valence-corrected chi connectivity index (χ2v) is 4.22. The van der Waals surface area contributed by atoms with E-state index in [2.05, 4.69) is 5.32 Å². The summed E-state index contributed by atoms with van der Waals surface area (Å²) >= 11 is 0. The van der Waals surface area contributed by atoms with E-state index in [0.29, 0.717) is 17.2 Å². The first-order valence-corrected chi connectivity index (χ1v) is 6.24. The zero-order valence-corrected chi connectivity index (χ0v) is 12.1. The van der Waals surface area contributed by atoms with Crippen LogP contribution < -0.4 is 19.5 Å². The standard InChI is InChI=1S/C15H19NO4/c1-16-15(10-5-6-20-9-10)14-12(18-3)7-11(17-2)8-13(14)19-4/h5-9,15-16H,1-4H3. The maximum absolute atomic E-state index is 5.48. The number of benzene rings is 1. The molecule has 1 aromatic heterocycles. The molecule has 5 heteroatoms. The van der Waals surface area contributed by atoms with Crippen LogP contribution in [0.2, 0.25) is 0 Å². The number of nitrogens with one attached hydrogen (secondary N) is 1. The highest BCUT2D eigenvalue weighted by atomic mass is 16.5. The Morgan fingerprint density at radius 2 is 1.70 bits per heavy atom. The summed E-state index contributed by atoms with van der Waals surface area (Å²) in [7, 11) is 6.74. The van der Waals surface area contributed by atoms with Crippen LogP contribution >= 0.6 is 0 Å². The van der Waals surface area contributed by atoms with Crippen LogP contribution in [-0.4, -0.2) is 28.4 Å². The van der Waals surface area contributed by atoms with Gasteiger partial charge in [-0.25, -0.2) is 0 Å². The van der Waals surface area contributed by atoms with Gasteiger partial charge in [0.15, 0.2) is 0 Å². The number of ether oxygens (including phenoxy) is 3. The van der Waals surface area contributed by atoms with Crippen LogP contribution in [0.25, 0.3) is 0 Å². The van der Waals surface area contributed by atoms with E-state index in [1.807, 2.05) is 25.2 Å². The number of rotatable bonds is 6. The average Bonchev–Trinajstić information content (AvgIpc) is 3.01. The first-order valence-electron chi connectivity index (χ1n) is 6.24. The lowest BCUT2D eigenvalue weighted by Gasteiger charge is -2.21. The van der Waals surface area contributed by atoms with Crippen molar-refractivity contribution in [2.75, 3.05) is 28.4 Å². The molecule has 0 aliphatic carbocycles. The molecule has 0 fully saturated rings. The van der Waals surface area contributed by atoms with Crippen LogP contribution in [-0.2, 0) is 0 Å². The van der Waals surface area contributed by atoms with E-state index in [-0.39, 0.29) is 6.04 Å². The highest BCUT2D eigenvalue weighted by Gasteiger charge is 2.23. The van der Waals surface area contributed by atoms with Crippen molar-refractivity contribution < 1.29 is 18.6 Å². The normalized spacial score (nSPS) is 12.0. The van der Waals surface area contributed by atoms with Gasteiger partial charge in [0.2, 0.25) is 0 Å². The molecule has 1 N–H and O–H groups in total. The highest BCUT2D eigenvalue weighted by Crippen LogP contribution is 2.40. The Morgan fingerprint density at radius 3 is 2.10 bits per heavy atom. The van der Waals surface area contributed by atoms with Crippen molar-refractivity contribution in [1.29, 1.82) is 0 Å². The second-order valence-electron chi connectivity index (χ2n) is 4.22. The zero-order chi connectivity index (χ0) is 14.5. The fourth-order valence-electron chi connectivity index (χ4n) is 2.23. The Hall–Kier alpha value is -2.14. The van der Waals surface area contributed by atoms with Gasteiger partial charge in [-0.15, -0.1) is 0 Å². The van der Waals surface area contributed by atoms with Gasteiger partial charge in [0, 0.05) is 17.7 Å². The average molecular weight is 277 g/mol. The highest BCUT2D eigenvalue weighted by molar-refractivity contribution is 5.54. The van der Waals surface area contributed by atoms with Crippen molar-refractivity contribution in [3.8, 4) is 17.2 Å². The number of hydrogen-bond donors (Lipinski definition) is 1. The third kappa shape index (κ3) is 2.58. The quantitative estimate of drug-likeness (QED) is 0.879. The van der Waals surface area contributed by atoms with E-state index in [1.54, 1.807) is 33.9 Å². The van der Waals surface area contributed by atoms with E-state index in [4.69, 9.17) is 18.6 Å². The van der Waals surface area contributed by atoms with Gasteiger partial charge < -0.3 is 23.9 Å². The Kier molecular flexibility index (Phi) is 4.53. The fourth-order valence-corrected chi connectivity index (χ4v) is 2.23. The maximum atomic E-state index is 5.48. The van der Waals surface area contributed by atoms with Gasteiger partial charge in [-0.3, -0.25) is 0 Å². The lowest BCUT2D eigenvalue weighted by atomic mass is 9.99. The fraction of sp³-hybridized carbons (Fsp3) is 0.333. The molecule has 20 heavy (non-hydrogen) atoms. The number of methoxy groups -OCH3 is 3. The Morgan fingerprint density at radius 1 is 1.05 bits per heavy atom. The van der Waals surface area contributed by atoms with Gasteiger partial charge in [-0.1, -0.05) is 0 Å². The van der Waals surface area contributed by atoms with E-state index in [1.165, 1.54) is 0 Å². The van der Waals surface area contributed by atoms with Crippen LogP contribution in [0.4, 0.5) is 0 Å². The molecule has 0 aliphatic heterocycles. The SMILES string of the molecule is CNC(c1ccoc1)c1c(OC)cc(OC)cc1OC. The third-order valence-electron chi connectivity index (χ3n) is 3.21. The van der Waals surface area contributed by atoms with Gasteiger partial charge in [0.1, 0.15) is 17.2 Å². The second kappa shape index (κ2) is 6.34. The molecule has 0 saturated carbocycles. The minimum absolute atomic E-state index is 0.0930. The van der Waals surface area contributed by atoms with Crippen LogP contribution in [0.5, 0.6) is 17.2 Å². The summed E-state index contributed by atoms with van der Waals surface area (Å²) < 4.78 is 21.4. The monoisotopic (exact) mass is 277 g/mol. The Labute approximate surface area is 118 Å². The predicted molar refractivity (Wildman–Crippen MR) is 75.7 cm³/mol. The molecule has 108 valence electrons. The van der Waals surface area contributed by atoms with Crippen LogP contribution in [0.15, 0.2) is 35.1 Å².